The van der Waals surface area contributed by atoms with Gasteiger partial charge in [0.15, 0.2) is 0 Å². The Balaban J connectivity index is 2.62. The van der Waals surface area contributed by atoms with Crippen LogP contribution >= 0.6 is 11.8 Å². The molecule has 1 rings (SSSR count). The van der Waals surface area contributed by atoms with Gasteiger partial charge in [0.25, 0.3) is 0 Å². The molecule has 0 bridgehead atoms. The van der Waals surface area contributed by atoms with Crippen LogP contribution in [0.3, 0.4) is 0 Å². The summed E-state index contributed by atoms with van der Waals surface area (Å²) >= 11 is 1.35. The van der Waals surface area contributed by atoms with Gasteiger partial charge >= 0.3 is 0 Å². The van der Waals surface area contributed by atoms with Crippen LogP contribution < -0.4 is 4.90 Å². The molecular weight excluding hydrogens is 232 g/mol. The predicted molar refractivity (Wildman–Crippen MR) is 76.4 cm³/mol. The summed E-state index contributed by atoms with van der Waals surface area (Å²) in [7, 11) is 5.70. The Morgan fingerprint density at radius 3 is 2.47 bits per heavy atom. The molecule has 90 valence electrons. The van der Waals surface area contributed by atoms with E-state index in [9.17, 15) is 0 Å². The van der Waals surface area contributed by atoms with Crippen LogP contribution in [-0.2, 0) is 0 Å². The average molecular weight is 248 g/mol. The first-order chi connectivity index (χ1) is 8.13. The molecule has 0 saturated heterocycles. The van der Waals surface area contributed by atoms with Gasteiger partial charge in [0.2, 0.25) is 0 Å². The monoisotopic (exact) mass is 248 g/mol. The molecule has 0 aliphatic rings. The van der Waals surface area contributed by atoms with Crippen molar-refractivity contribution in [3.8, 4) is 0 Å². The van der Waals surface area contributed by atoms with Gasteiger partial charge in [-0.15, -0.1) is 5.11 Å². The van der Waals surface area contributed by atoms with E-state index in [1.807, 2.05) is 43.3 Å². The number of hydrogen-bond acceptors (Lipinski definition) is 5. The topological polar surface area (TPSA) is 40.3 Å². The molecule has 0 unspecified atom stereocenters. The number of hydrogen-bond donors (Lipinski definition) is 0. The van der Waals surface area contributed by atoms with Crippen LogP contribution in [0.4, 0.5) is 11.4 Å². The van der Waals surface area contributed by atoms with E-state index < -0.39 is 0 Å². The number of anilines is 1. The maximum atomic E-state index is 4.08. The molecule has 0 atom stereocenters. The first-order valence-corrected chi connectivity index (χ1v) is 5.97. The van der Waals surface area contributed by atoms with E-state index >= 15 is 0 Å². The highest BCUT2D eigenvalue weighted by atomic mass is 32.2. The van der Waals surface area contributed by atoms with Gasteiger partial charge in [-0.25, -0.2) is 0 Å². The SMILES string of the molecule is C=C(N=Nc1ccc(N(C)C)cc1)SC=NC. The number of benzene rings is 1. The Bertz CT molecular complexity index is 421. The molecule has 4 nitrogen and oxygen atoms in total. The second kappa shape index (κ2) is 6.85. The van der Waals surface area contributed by atoms with Gasteiger partial charge in [0.1, 0.15) is 5.03 Å². The van der Waals surface area contributed by atoms with Crippen molar-refractivity contribution in [2.45, 2.75) is 0 Å². The normalized spacial score (nSPS) is 11.2. The fraction of sp³-hybridized carbons (Fsp3) is 0.250. The molecule has 0 fully saturated rings. The number of thioether (sulfide) groups is 1. The van der Waals surface area contributed by atoms with Gasteiger partial charge in [-0.3, -0.25) is 4.99 Å². The Labute approximate surface area is 106 Å². The van der Waals surface area contributed by atoms with Gasteiger partial charge in [-0.1, -0.05) is 18.3 Å². The molecule has 0 heterocycles. The molecule has 0 spiro atoms. The molecule has 1 aromatic carbocycles. The summed E-state index contributed by atoms with van der Waals surface area (Å²) in [4.78, 5) is 5.87. The van der Waals surface area contributed by atoms with Crippen LogP contribution in [0.25, 0.3) is 0 Å². The van der Waals surface area contributed by atoms with Gasteiger partial charge in [0.05, 0.1) is 11.2 Å². The van der Waals surface area contributed by atoms with Crippen molar-refractivity contribution >= 4 is 28.7 Å². The Kier molecular flexibility index (Phi) is 5.42. The van der Waals surface area contributed by atoms with E-state index in [-0.39, 0.29) is 0 Å². The summed E-state index contributed by atoms with van der Waals surface area (Å²) in [6.07, 6.45) is 0. The first kappa shape index (κ1) is 13.4. The highest BCUT2D eigenvalue weighted by Gasteiger charge is 1.95. The van der Waals surface area contributed by atoms with E-state index in [0.717, 1.165) is 11.4 Å². The van der Waals surface area contributed by atoms with Crippen molar-refractivity contribution in [1.82, 2.24) is 0 Å². The molecule has 0 N–H and O–H groups in total. The van der Waals surface area contributed by atoms with Gasteiger partial charge < -0.3 is 4.90 Å². The molecule has 0 radical (unpaired) electrons. The second-order valence-corrected chi connectivity index (χ2v) is 4.40. The molecule has 5 heteroatoms. The van der Waals surface area contributed by atoms with Crippen molar-refractivity contribution in [3.63, 3.8) is 0 Å². The molecule has 1 aromatic rings. The fourth-order valence-electron chi connectivity index (χ4n) is 1.07. The van der Waals surface area contributed by atoms with Crippen LogP contribution in [0.1, 0.15) is 0 Å². The maximum Gasteiger partial charge on any atom is 0.117 e. The minimum absolute atomic E-state index is 0.618. The summed E-state index contributed by atoms with van der Waals surface area (Å²) in [5.74, 6) is 0. The van der Waals surface area contributed by atoms with Gasteiger partial charge in [-0.2, -0.15) is 5.11 Å². The Morgan fingerprint density at radius 2 is 1.94 bits per heavy atom. The minimum Gasteiger partial charge on any atom is -0.378 e. The van der Waals surface area contributed by atoms with E-state index in [1.165, 1.54) is 11.8 Å². The van der Waals surface area contributed by atoms with Crippen LogP contribution in [-0.4, -0.2) is 26.7 Å². The molecule has 0 amide bonds. The number of rotatable bonds is 5. The van der Waals surface area contributed by atoms with Crippen molar-refractivity contribution in [3.05, 3.63) is 35.9 Å². The summed E-state index contributed by atoms with van der Waals surface area (Å²) in [6.45, 7) is 3.76. The maximum absolute atomic E-state index is 4.08. The lowest BCUT2D eigenvalue weighted by Gasteiger charge is -2.11. The quantitative estimate of drug-likeness (QED) is 0.453. The van der Waals surface area contributed by atoms with Crippen LogP contribution in [0.2, 0.25) is 0 Å². The molecule has 0 saturated carbocycles. The summed E-state index contributed by atoms with van der Waals surface area (Å²) < 4.78 is 0. The summed E-state index contributed by atoms with van der Waals surface area (Å²) in [5, 5.41) is 8.70. The third-order valence-corrected chi connectivity index (χ3v) is 2.61. The van der Waals surface area contributed by atoms with Crippen LogP contribution in [0, 0.1) is 0 Å². The van der Waals surface area contributed by atoms with Gasteiger partial charge in [0, 0.05) is 26.8 Å². The van der Waals surface area contributed by atoms with Crippen LogP contribution in [0.15, 0.2) is 51.1 Å². The molecule has 0 aromatic heterocycles. The second-order valence-electron chi connectivity index (χ2n) is 3.49. The summed E-state index contributed by atoms with van der Waals surface area (Å²) in [5.41, 5.74) is 3.62. The van der Waals surface area contributed by atoms with E-state index in [4.69, 9.17) is 0 Å². The number of aliphatic imine (C=N–C) groups is 1. The lowest BCUT2D eigenvalue weighted by molar-refractivity contribution is 1.13. The highest BCUT2D eigenvalue weighted by molar-refractivity contribution is 8.15. The largest absolute Gasteiger partial charge is 0.378 e. The zero-order valence-corrected chi connectivity index (χ0v) is 11.1. The molecule has 0 aliphatic carbocycles. The van der Waals surface area contributed by atoms with Crippen molar-refractivity contribution in [1.29, 1.82) is 0 Å². The Hall–Kier alpha value is -1.62. The van der Waals surface area contributed by atoms with Gasteiger partial charge in [-0.05, 0) is 24.3 Å². The first-order valence-electron chi connectivity index (χ1n) is 5.09. The lowest BCUT2D eigenvalue weighted by Crippen LogP contribution is -2.07. The zero-order valence-electron chi connectivity index (χ0n) is 10.3. The third-order valence-electron chi connectivity index (χ3n) is 1.94. The smallest absolute Gasteiger partial charge is 0.117 e. The fourth-order valence-corrected chi connectivity index (χ4v) is 1.38. The average Bonchev–Trinajstić information content (AvgIpc) is 2.34. The van der Waals surface area contributed by atoms with E-state index in [2.05, 4.69) is 21.8 Å². The van der Waals surface area contributed by atoms with Crippen molar-refractivity contribution in [2.24, 2.45) is 15.2 Å². The molecule has 0 aliphatic heterocycles. The molecular formula is C12H16N4S. The van der Waals surface area contributed by atoms with E-state index in [0.29, 0.717) is 5.03 Å². The lowest BCUT2D eigenvalue weighted by atomic mass is 10.3. The number of nitrogens with zero attached hydrogens (tertiary/aromatic N) is 4. The highest BCUT2D eigenvalue weighted by Crippen LogP contribution is 2.20. The van der Waals surface area contributed by atoms with Crippen molar-refractivity contribution in [2.75, 3.05) is 26.0 Å². The molecule has 17 heavy (non-hydrogen) atoms. The number of azo groups is 1. The summed E-state index contributed by atoms with van der Waals surface area (Å²) in [6, 6.07) is 7.84. The zero-order chi connectivity index (χ0) is 12.7. The predicted octanol–water partition coefficient (Wildman–Crippen LogP) is 3.70. The Morgan fingerprint density at radius 1 is 1.29 bits per heavy atom. The third kappa shape index (κ3) is 4.82. The minimum atomic E-state index is 0.618. The standard InChI is InChI=1S/C12H16N4S/c1-10(17-9-13-2)14-15-11-5-7-12(8-6-11)16(3)4/h5-9H,1H2,2-4H3. The van der Waals surface area contributed by atoms with E-state index in [1.54, 1.807) is 12.6 Å². The van der Waals surface area contributed by atoms with Crippen molar-refractivity contribution < 1.29 is 0 Å². The van der Waals surface area contributed by atoms with Crippen LogP contribution in [0.5, 0.6) is 0 Å².